The van der Waals surface area contributed by atoms with Crippen LogP contribution in [0.15, 0.2) is 46.9 Å². The minimum absolute atomic E-state index is 0.839. The van der Waals surface area contributed by atoms with E-state index in [0.29, 0.717) is 0 Å². The van der Waals surface area contributed by atoms with Crippen LogP contribution in [0.5, 0.6) is 11.5 Å². The summed E-state index contributed by atoms with van der Waals surface area (Å²) < 4.78 is 11.5. The molecule has 0 aliphatic rings. The second-order valence-corrected chi connectivity index (χ2v) is 4.43. The summed E-state index contributed by atoms with van der Waals surface area (Å²) in [7, 11) is 3.33. The maximum atomic E-state index is 5.24. The molecule has 0 unspecified atom stereocenters. The second-order valence-electron chi connectivity index (χ2n) is 3.58. The zero-order valence-electron chi connectivity index (χ0n) is 9.74. The molecule has 17 heavy (non-hydrogen) atoms. The van der Waals surface area contributed by atoms with Gasteiger partial charge in [-0.1, -0.05) is 28.1 Å². The number of ether oxygens (including phenoxy) is 2. The molecule has 0 amide bonds. The van der Waals surface area contributed by atoms with Crippen molar-refractivity contribution in [2.24, 2.45) is 0 Å². The molecule has 0 aliphatic heterocycles. The molecule has 0 atom stereocenters. The summed E-state index contributed by atoms with van der Waals surface area (Å²) in [4.78, 5) is 0. The summed E-state index contributed by atoms with van der Waals surface area (Å²) >= 11 is 3.55. The topological polar surface area (TPSA) is 18.5 Å². The van der Waals surface area contributed by atoms with Crippen molar-refractivity contribution >= 4 is 15.9 Å². The predicted molar refractivity (Wildman–Crippen MR) is 72.7 cm³/mol. The van der Waals surface area contributed by atoms with Crippen molar-refractivity contribution in [2.75, 3.05) is 14.2 Å². The molecule has 0 N–H and O–H groups in total. The first-order valence-corrected chi connectivity index (χ1v) is 6.02. The van der Waals surface area contributed by atoms with Gasteiger partial charge in [-0.3, -0.25) is 0 Å². The molecule has 0 heterocycles. The van der Waals surface area contributed by atoms with Crippen LogP contribution in [-0.2, 0) is 0 Å². The van der Waals surface area contributed by atoms with Crippen molar-refractivity contribution in [3.8, 4) is 22.6 Å². The lowest BCUT2D eigenvalue weighted by Gasteiger charge is -2.09. The number of benzene rings is 2. The van der Waals surface area contributed by atoms with Crippen LogP contribution in [0.3, 0.4) is 0 Å². The highest BCUT2D eigenvalue weighted by Gasteiger charge is 2.05. The monoisotopic (exact) mass is 292 g/mol. The average molecular weight is 293 g/mol. The standard InChI is InChI=1S/C14H13BrO2/c1-16-11-5-3-4-10(8-11)13-9-12(17-2)6-7-14(13)15/h3-9H,1-2H3. The fraction of sp³-hybridized carbons (Fsp3) is 0.143. The van der Waals surface area contributed by atoms with Crippen LogP contribution >= 0.6 is 15.9 Å². The zero-order valence-corrected chi connectivity index (χ0v) is 11.3. The van der Waals surface area contributed by atoms with Crippen LogP contribution in [0.2, 0.25) is 0 Å². The van der Waals surface area contributed by atoms with Crippen LogP contribution in [0.4, 0.5) is 0 Å². The number of methoxy groups -OCH3 is 2. The average Bonchev–Trinajstić information content (AvgIpc) is 2.39. The largest absolute Gasteiger partial charge is 0.497 e. The summed E-state index contributed by atoms with van der Waals surface area (Å²) in [6, 6.07) is 13.8. The molecule has 2 aromatic carbocycles. The van der Waals surface area contributed by atoms with E-state index in [2.05, 4.69) is 15.9 Å². The lowest BCUT2D eigenvalue weighted by atomic mass is 10.1. The van der Waals surface area contributed by atoms with E-state index in [0.717, 1.165) is 27.1 Å². The van der Waals surface area contributed by atoms with Gasteiger partial charge in [-0.25, -0.2) is 0 Å². The third-order valence-corrected chi connectivity index (χ3v) is 3.25. The molecule has 0 spiro atoms. The van der Waals surface area contributed by atoms with Crippen molar-refractivity contribution in [3.63, 3.8) is 0 Å². The number of hydrogen-bond donors (Lipinski definition) is 0. The first kappa shape index (κ1) is 12.0. The van der Waals surface area contributed by atoms with E-state index in [1.54, 1.807) is 14.2 Å². The Morgan fingerprint density at radius 2 is 1.59 bits per heavy atom. The van der Waals surface area contributed by atoms with Crippen LogP contribution in [0.1, 0.15) is 0 Å². The highest BCUT2D eigenvalue weighted by molar-refractivity contribution is 9.10. The highest BCUT2D eigenvalue weighted by Crippen LogP contribution is 2.33. The Labute approximate surface area is 109 Å². The van der Waals surface area contributed by atoms with Crippen molar-refractivity contribution in [3.05, 3.63) is 46.9 Å². The van der Waals surface area contributed by atoms with Gasteiger partial charge in [0.2, 0.25) is 0 Å². The second kappa shape index (κ2) is 5.23. The smallest absolute Gasteiger partial charge is 0.119 e. The van der Waals surface area contributed by atoms with Gasteiger partial charge < -0.3 is 9.47 Å². The minimum Gasteiger partial charge on any atom is -0.497 e. The fourth-order valence-corrected chi connectivity index (χ4v) is 2.12. The van der Waals surface area contributed by atoms with E-state index in [-0.39, 0.29) is 0 Å². The quantitative estimate of drug-likeness (QED) is 0.847. The van der Waals surface area contributed by atoms with Crippen molar-refractivity contribution in [1.82, 2.24) is 0 Å². The minimum atomic E-state index is 0.839. The Kier molecular flexibility index (Phi) is 3.69. The van der Waals surface area contributed by atoms with E-state index in [1.807, 2.05) is 42.5 Å². The van der Waals surface area contributed by atoms with Gasteiger partial charge in [0.05, 0.1) is 14.2 Å². The van der Waals surface area contributed by atoms with Crippen LogP contribution in [0, 0.1) is 0 Å². The zero-order chi connectivity index (χ0) is 12.3. The highest BCUT2D eigenvalue weighted by atomic mass is 79.9. The summed E-state index contributed by atoms with van der Waals surface area (Å²) in [5, 5.41) is 0. The van der Waals surface area contributed by atoms with E-state index >= 15 is 0 Å². The lowest BCUT2D eigenvalue weighted by molar-refractivity contribution is 0.414. The van der Waals surface area contributed by atoms with E-state index in [9.17, 15) is 0 Å². The molecule has 2 aromatic rings. The van der Waals surface area contributed by atoms with Crippen molar-refractivity contribution < 1.29 is 9.47 Å². The molecule has 0 aliphatic carbocycles. The predicted octanol–water partition coefficient (Wildman–Crippen LogP) is 4.13. The SMILES string of the molecule is COc1cccc(-c2cc(OC)ccc2Br)c1. The Balaban J connectivity index is 2.50. The first-order valence-electron chi connectivity index (χ1n) is 5.22. The Hall–Kier alpha value is -1.48. The molecule has 3 heteroatoms. The van der Waals surface area contributed by atoms with Crippen LogP contribution in [0.25, 0.3) is 11.1 Å². The summed E-state index contributed by atoms with van der Waals surface area (Å²) in [5.74, 6) is 1.68. The van der Waals surface area contributed by atoms with E-state index in [1.165, 1.54) is 0 Å². The lowest BCUT2D eigenvalue weighted by Crippen LogP contribution is -1.87. The Bertz CT molecular complexity index is 523. The molecule has 0 bridgehead atoms. The van der Waals surface area contributed by atoms with Gasteiger partial charge in [0.1, 0.15) is 11.5 Å². The summed E-state index contributed by atoms with van der Waals surface area (Å²) in [6.07, 6.45) is 0. The number of hydrogen-bond acceptors (Lipinski definition) is 2. The Morgan fingerprint density at radius 1 is 0.882 bits per heavy atom. The molecule has 0 saturated carbocycles. The number of rotatable bonds is 3. The van der Waals surface area contributed by atoms with Crippen molar-refractivity contribution in [1.29, 1.82) is 0 Å². The molecule has 2 rings (SSSR count). The Morgan fingerprint density at radius 3 is 2.29 bits per heavy atom. The van der Waals surface area contributed by atoms with Gasteiger partial charge >= 0.3 is 0 Å². The van der Waals surface area contributed by atoms with Crippen molar-refractivity contribution in [2.45, 2.75) is 0 Å². The van der Waals surface area contributed by atoms with Gasteiger partial charge in [-0.2, -0.15) is 0 Å². The van der Waals surface area contributed by atoms with Gasteiger partial charge in [0.25, 0.3) is 0 Å². The number of halogens is 1. The molecular formula is C14H13BrO2. The maximum Gasteiger partial charge on any atom is 0.119 e. The normalized spacial score (nSPS) is 10.1. The van der Waals surface area contributed by atoms with Gasteiger partial charge in [0.15, 0.2) is 0 Å². The summed E-state index contributed by atoms with van der Waals surface area (Å²) in [6.45, 7) is 0. The van der Waals surface area contributed by atoms with Gasteiger partial charge in [0, 0.05) is 4.47 Å². The van der Waals surface area contributed by atoms with E-state index in [4.69, 9.17) is 9.47 Å². The molecule has 0 fully saturated rings. The third-order valence-electron chi connectivity index (χ3n) is 2.55. The maximum absolute atomic E-state index is 5.24. The molecule has 0 saturated heterocycles. The third kappa shape index (κ3) is 2.61. The molecule has 0 radical (unpaired) electrons. The molecular weight excluding hydrogens is 280 g/mol. The van der Waals surface area contributed by atoms with E-state index < -0.39 is 0 Å². The fourth-order valence-electron chi connectivity index (χ4n) is 1.64. The van der Waals surface area contributed by atoms with Gasteiger partial charge in [-0.05, 0) is 41.5 Å². The molecule has 88 valence electrons. The molecule has 2 nitrogen and oxygen atoms in total. The molecule has 0 aromatic heterocycles. The van der Waals surface area contributed by atoms with Gasteiger partial charge in [-0.15, -0.1) is 0 Å². The first-order chi connectivity index (χ1) is 8.24. The van der Waals surface area contributed by atoms with Crippen LogP contribution < -0.4 is 9.47 Å². The summed E-state index contributed by atoms with van der Waals surface area (Å²) in [5.41, 5.74) is 2.18. The van der Waals surface area contributed by atoms with Crippen LogP contribution in [-0.4, -0.2) is 14.2 Å².